The lowest BCUT2D eigenvalue weighted by Crippen LogP contribution is -1.90. The van der Waals surface area contributed by atoms with Crippen LogP contribution in [0.4, 0.5) is 0 Å². The molecule has 14 heavy (non-hydrogen) atoms. The van der Waals surface area contributed by atoms with Gasteiger partial charge in [0.2, 0.25) is 5.65 Å². The van der Waals surface area contributed by atoms with Crippen LogP contribution in [0.5, 0.6) is 0 Å². The second kappa shape index (κ2) is 2.63. The van der Waals surface area contributed by atoms with E-state index in [0.717, 1.165) is 11.0 Å². The van der Waals surface area contributed by atoms with Gasteiger partial charge in [-0.2, -0.15) is 5.16 Å². The van der Waals surface area contributed by atoms with E-state index >= 15 is 0 Å². The molecule has 0 aliphatic carbocycles. The van der Waals surface area contributed by atoms with Gasteiger partial charge in [-0.15, -0.1) is 0 Å². The molecule has 0 atom stereocenters. The Morgan fingerprint density at radius 3 is 2.71 bits per heavy atom. The van der Waals surface area contributed by atoms with Crippen molar-refractivity contribution in [3.8, 4) is 0 Å². The third kappa shape index (κ3) is 0.972. The van der Waals surface area contributed by atoms with Crippen molar-refractivity contribution in [2.24, 2.45) is 0 Å². The van der Waals surface area contributed by atoms with E-state index in [1.165, 1.54) is 0 Å². The Labute approximate surface area is 77.1 Å². The largest absolute Gasteiger partial charge is 0.325 e. The standard InChI is InChI=1S/C8H6N4O2/c1-2-4-6-5(3-1)9-7-8(10-6)13-12-14-11-7/h1-4,12H,(H,9,11). The molecule has 3 rings (SSSR count). The first kappa shape index (κ1) is 7.19. The molecule has 70 valence electrons. The van der Waals surface area contributed by atoms with Crippen molar-refractivity contribution >= 4 is 22.4 Å². The molecule has 6 heteroatoms. The topological polar surface area (TPSA) is 83.6 Å². The highest BCUT2D eigenvalue weighted by molar-refractivity contribution is 5.80. The summed E-state index contributed by atoms with van der Waals surface area (Å²) < 4.78 is 9.54. The zero-order valence-electron chi connectivity index (χ0n) is 7.02. The lowest BCUT2D eigenvalue weighted by Gasteiger charge is -1.97. The van der Waals surface area contributed by atoms with Gasteiger partial charge in [0.15, 0.2) is 0 Å². The summed E-state index contributed by atoms with van der Waals surface area (Å²) in [4.78, 5) is 8.48. The summed E-state index contributed by atoms with van der Waals surface area (Å²) in [7, 11) is 0. The zero-order chi connectivity index (χ0) is 9.38. The lowest BCUT2D eigenvalue weighted by atomic mass is 10.3. The molecule has 0 radical (unpaired) electrons. The highest BCUT2D eigenvalue weighted by Gasteiger charge is 2.02. The van der Waals surface area contributed by atoms with E-state index < -0.39 is 0 Å². The first-order chi connectivity index (χ1) is 6.93. The molecule has 0 spiro atoms. The third-order valence-corrected chi connectivity index (χ3v) is 1.87. The van der Waals surface area contributed by atoms with E-state index in [9.17, 15) is 0 Å². The molecular formula is C8H6N4O2. The Kier molecular flexibility index (Phi) is 1.35. The van der Waals surface area contributed by atoms with Crippen LogP contribution in [0.2, 0.25) is 0 Å². The number of para-hydroxylation sites is 2. The average Bonchev–Trinajstić information content (AvgIpc) is 2.26. The van der Waals surface area contributed by atoms with Crippen LogP contribution < -0.4 is 0 Å². The minimum absolute atomic E-state index is 0.370. The molecule has 0 aliphatic heterocycles. The molecule has 3 aromatic rings. The van der Waals surface area contributed by atoms with E-state index in [4.69, 9.17) is 4.52 Å². The van der Waals surface area contributed by atoms with Crippen molar-refractivity contribution in [2.45, 2.75) is 0 Å². The Morgan fingerprint density at radius 2 is 1.86 bits per heavy atom. The predicted octanol–water partition coefficient (Wildman–Crippen LogP) is 1.75. The van der Waals surface area contributed by atoms with Crippen LogP contribution in [0.1, 0.15) is 0 Å². The Morgan fingerprint density at radius 1 is 1.07 bits per heavy atom. The highest BCUT2D eigenvalue weighted by Crippen LogP contribution is 2.12. The minimum Gasteiger partial charge on any atom is -0.325 e. The number of aromatic nitrogens is 4. The summed E-state index contributed by atoms with van der Waals surface area (Å²) in [5.41, 5.74) is 2.39. The SMILES string of the molecule is c1ccc2nc3o[nH]o[nH]c3nc2c1. The smallest absolute Gasteiger partial charge is 0.296 e. The monoisotopic (exact) mass is 190 g/mol. The molecular weight excluding hydrogens is 184 g/mol. The number of H-pyrrole nitrogens is 2. The zero-order valence-corrected chi connectivity index (χ0v) is 7.02. The quantitative estimate of drug-likeness (QED) is 0.529. The molecule has 0 saturated heterocycles. The molecule has 0 bridgehead atoms. The van der Waals surface area contributed by atoms with Gasteiger partial charge < -0.3 is 4.52 Å². The number of nitrogens with zero attached hydrogens (tertiary/aromatic N) is 2. The second-order valence-corrected chi connectivity index (χ2v) is 2.76. The van der Waals surface area contributed by atoms with Crippen molar-refractivity contribution in [3.05, 3.63) is 24.3 Å². The number of rotatable bonds is 0. The first-order valence-corrected chi connectivity index (χ1v) is 4.04. The Balaban J connectivity index is 2.52. The highest BCUT2D eigenvalue weighted by atomic mass is 16.7. The summed E-state index contributed by atoms with van der Waals surface area (Å²) in [5.74, 6) is 0. The Bertz CT molecular complexity index is 508. The van der Waals surface area contributed by atoms with E-state index in [-0.39, 0.29) is 0 Å². The summed E-state index contributed by atoms with van der Waals surface area (Å²) in [6.45, 7) is 0. The van der Waals surface area contributed by atoms with Crippen molar-refractivity contribution < 1.29 is 9.15 Å². The van der Waals surface area contributed by atoms with Crippen molar-refractivity contribution in [1.29, 1.82) is 0 Å². The molecule has 0 saturated carbocycles. The van der Waals surface area contributed by atoms with Crippen molar-refractivity contribution in [1.82, 2.24) is 20.5 Å². The number of hydrogen-bond acceptors (Lipinski definition) is 4. The van der Waals surface area contributed by atoms with Gasteiger partial charge in [0.1, 0.15) is 0 Å². The van der Waals surface area contributed by atoms with Gasteiger partial charge in [0, 0.05) is 0 Å². The molecule has 0 amide bonds. The summed E-state index contributed by atoms with van der Waals surface area (Å²) in [6.07, 6.45) is 0. The van der Waals surface area contributed by atoms with Gasteiger partial charge >= 0.3 is 0 Å². The molecule has 0 aliphatic rings. The maximum Gasteiger partial charge on any atom is 0.296 e. The average molecular weight is 190 g/mol. The van der Waals surface area contributed by atoms with Gasteiger partial charge in [-0.05, 0) is 12.1 Å². The number of fused-ring (bicyclic) bond motifs is 2. The van der Waals surface area contributed by atoms with Gasteiger partial charge in [0.05, 0.1) is 11.0 Å². The predicted molar refractivity (Wildman–Crippen MR) is 47.9 cm³/mol. The van der Waals surface area contributed by atoms with Crippen LogP contribution in [0.25, 0.3) is 22.4 Å². The van der Waals surface area contributed by atoms with Gasteiger partial charge in [-0.3, -0.25) is 4.63 Å². The van der Waals surface area contributed by atoms with E-state index in [1.54, 1.807) is 0 Å². The molecule has 2 aromatic heterocycles. The maximum absolute atomic E-state index is 4.92. The molecule has 0 fully saturated rings. The van der Waals surface area contributed by atoms with Gasteiger partial charge in [-0.25, -0.2) is 9.97 Å². The van der Waals surface area contributed by atoms with E-state index in [2.05, 4.69) is 25.1 Å². The fraction of sp³-hybridized carbons (Fsp3) is 0. The summed E-state index contributed by atoms with van der Waals surface area (Å²) >= 11 is 0. The molecule has 2 heterocycles. The Hall–Kier alpha value is -2.24. The van der Waals surface area contributed by atoms with Crippen LogP contribution >= 0.6 is 0 Å². The number of benzene rings is 1. The van der Waals surface area contributed by atoms with Gasteiger partial charge in [0.25, 0.3) is 5.71 Å². The first-order valence-electron chi connectivity index (χ1n) is 4.04. The molecule has 1 aromatic carbocycles. The number of nitrogens with one attached hydrogen (secondary N) is 2. The third-order valence-electron chi connectivity index (χ3n) is 1.87. The normalized spacial score (nSPS) is 10.9. The molecule has 2 N–H and O–H groups in total. The van der Waals surface area contributed by atoms with Crippen LogP contribution in [0.15, 0.2) is 33.4 Å². The fourth-order valence-electron chi connectivity index (χ4n) is 1.25. The maximum atomic E-state index is 4.92. The van der Waals surface area contributed by atoms with Crippen LogP contribution in [0, 0.1) is 0 Å². The number of aromatic amines is 2. The fourth-order valence-corrected chi connectivity index (χ4v) is 1.25. The van der Waals surface area contributed by atoms with Gasteiger partial charge in [-0.1, -0.05) is 17.5 Å². The van der Waals surface area contributed by atoms with E-state index in [1.807, 2.05) is 24.3 Å². The number of hydrogen-bond donors (Lipinski definition) is 2. The van der Waals surface area contributed by atoms with E-state index in [0.29, 0.717) is 11.4 Å². The lowest BCUT2D eigenvalue weighted by molar-refractivity contribution is 0.139. The minimum atomic E-state index is 0.370. The van der Waals surface area contributed by atoms with Crippen molar-refractivity contribution in [2.75, 3.05) is 0 Å². The summed E-state index contributed by atoms with van der Waals surface area (Å²) in [6, 6.07) is 7.52. The van der Waals surface area contributed by atoms with Crippen LogP contribution in [0.3, 0.4) is 0 Å². The van der Waals surface area contributed by atoms with Crippen molar-refractivity contribution in [3.63, 3.8) is 0 Å². The van der Waals surface area contributed by atoms with Crippen LogP contribution in [-0.2, 0) is 0 Å². The second-order valence-electron chi connectivity index (χ2n) is 2.76. The molecule has 0 unspecified atom stereocenters. The van der Waals surface area contributed by atoms with Crippen LogP contribution in [-0.4, -0.2) is 20.5 Å². The molecule has 6 nitrogen and oxygen atoms in total. The summed E-state index contributed by atoms with van der Waals surface area (Å²) in [5, 5.41) is 4.74.